The van der Waals surface area contributed by atoms with Crippen molar-refractivity contribution < 1.29 is 5.11 Å². The SMILES string of the molecule is C=CCCCCCSc1cccc(O)c1. The van der Waals surface area contributed by atoms with Gasteiger partial charge in [0.1, 0.15) is 5.75 Å². The van der Waals surface area contributed by atoms with Crippen LogP contribution in [0.1, 0.15) is 25.7 Å². The molecule has 0 aliphatic rings. The zero-order chi connectivity index (χ0) is 10.9. The Morgan fingerprint density at radius 3 is 2.87 bits per heavy atom. The summed E-state index contributed by atoms with van der Waals surface area (Å²) < 4.78 is 0. The fourth-order valence-corrected chi connectivity index (χ4v) is 2.29. The topological polar surface area (TPSA) is 20.2 Å². The Morgan fingerprint density at radius 2 is 2.13 bits per heavy atom. The third kappa shape index (κ3) is 5.53. The second-order valence-electron chi connectivity index (χ2n) is 3.48. The van der Waals surface area contributed by atoms with Gasteiger partial charge in [0.05, 0.1) is 0 Å². The average Bonchev–Trinajstić information content (AvgIpc) is 2.23. The molecule has 0 bridgehead atoms. The molecular weight excluding hydrogens is 204 g/mol. The molecule has 0 amide bonds. The Kier molecular flexibility index (Phi) is 6.02. The van der Waals surface area contributed by atoms with Crippen LogP contribution in [-0.4, -0.2) is 10.9 Å². The van der Waals surface area contributed by atoms with Crippen LogP contribution in [0.3, 0.4) is 0 Å². The van der Waals surface area contributed by atoms with Gasteiger partial charge >= 0.3 is 0 Å². The summed E-state index contributed by atoms with van der Waals surface area (Å²) in [5, 5.41) is 9.26. The van der Waals surface area contributed by atoms with Crippen molar-refractivity contribution in [3.8, 4) is 5.75 Å². The van der Waals surface area contributed by atoms with Crippen molar-refractivity contribution in [2.24, 2.45) is 0 Å². The number of aromatic hydroxyl groups is 1. The predicted octanol–water partition coefficient (Wildman–Crippen LogP) is 4.23. The summed E-state index contributed by atoms with van der Waals surface area (Å²) in [6.07, 6.45) is 6.83. The number of phenolic OH excluding ortho intramolecular Hbond substituents is 1. The zero-order valence-corrected chi connectivity index (χ0v) is 9.80. The highest BCUT2D eigenvalue weighted by atomic mass is 32.2. The zero-order valence-electron chi connectivity index (χ0n) is 8.98. The molecule has 1 N–H and O–H groups in total. The molecule has 0 atom stereocenters. The van der Waals surface area contributed by atoms with E-state index >= 15 is 0 Å². The van der Waals surface area contributed by atoms with Gasteiger partial charge in [0.2, 0.25) is 0 Å². The van der Waals surface area contributed by atoms with Gasteiger partial charge in [-0.15, -0.1) is 18.3 Å². The molecule has 0 saturated carbocycles. The van der Waals surface area contributed by atoms with E-state index in [1.807, 2.05) is 24.3 Å². The van der Waals surface area contributed by atoms with E-state index < -0.39 is 0 Å². The van der Waals surface area contributed by atoms with E-state index in [1.54, 1.807) is 17.8 Å². The molecule has 0 aliphatic carbocycles. The Hall–Kier alpha value is -0.890. The normalized spacial score (nSPS) is 10.1. The van der Waals surface area contributed by atoms with Crippen LogP contribution in [-0.2, 0) is 0 Å². The highest BCUT2D eigenvalue weighted by Gasteiger charge is 1.95. The summed E-state index contributed by atoms with van der Waals surface area (Å²) in [4.78, 5) is 1.15. The summed E-state index contributed by atoms with van der Waals surface area (Å²) in [7, 11) is 0. The van der Waals surface area contributed by atoms with Crippen molar-refractivity contribution in [2.75, 3.05) is 5.75 Å². The first-order valence-electron chi connectivity index (χ1n) is 5.35. The third-order valence-corrected chi connectivity index (χ3v) is 3.22. The van der Waals surface area contributed by atoms with Gasteiger partial charge in [-0.05, 0) is 43.2 Å². The van der Waals surface area contributed by atoms with Crippen LogP contribution in [0.25, 0.3) is 0 Å². The van der Waals surface area contributed by atoms with Crippen molar-refractivity contribution in [1.29, 1.82) is 0 Å². The van der Waals surface area contributed by atoms with E-state index in [1.165, 1.54) is 19.3 Å². The van der Waals surface area contributed by atoms with Gasteiger partial charge in [0.25, 0.3) is 0 Å². The Balaban J connectivity index is 2.12. The van der Waals surface area contributed by atoms with E-state index in [2.05, 4.69) is 6.58 Å². The van der Waals surface area contributed by atoms with E-state index in [9.17, 15) is 5.11 Å². The largest absolute Gasteiger partial charge is 0.508 e. The number of hydrogen-bond donors (Lipinski definition) is 1. The van der Waals surface area contributed by atoms with Crippen LogP contribution in [0.15, 0.2) is 41.8 Å². The van der Waals surface area contributed by atoms with E-state index in [0.717, 1.165) is 17.1 Å². The lowest BCUT2D eigenvalue weighted by molar-refractivity contribution is 0.474. The van der Waals surface area contributed by atoms with Gasteiger partial charge in [-0.3, -0.25) is 0 Å². The molecule has 0 saturated heterocycles. The van der Waals surface area contributed by atoms with E-state index in [-0.39, 0.29) is 0 Å². The van der Waals surface area contributed by atoms with Gasteiger partial charge in [0.15, 0.2) is 0 Å². The lowest BCUT2D eigenvalue weighted by Gasteiger charge is -2.01. The molecule has 0 radical (unpaired) electrons. The first kappa shape index (κ1) is 12.2. The first-order valence-corrected chi connectivity index (χ1v) is 6.34. The molecule has 1 aromatic rings. The van der Waals surface area contributed by atoms with Crippen LogP contribution in [0.2, 0.25) is 0 Å². The van der Waals surface area contributed by atoms with Gasteiger partial charge in [-0.25, -0.2) is 0 Å². The number of unbranched alkanes of at least 4 members (excludes halogenated alkanes) is 3. The first-order chi connectivity index (χ1) is 7.33. The number of phenols is 1. The molecule has 1 rings (SSSR count). The van der Waals surface area contributed by atoms with Crippen molar-refractivity contribution in [2.45, 2.75) is 30.6 Å². The smallest absolute Gasteiger partial charge is 0.116 e. The fourth-order valence-electron chi connectivity index (χ4n) is 1.33. The summed E-state index contributed by atoms with van der Waals surface area (Å²) in [6, 6.07) is 7.44. The Morgan fingerprint density at radius 1 is 1.27 bits per heavy atom. The molecule has 0 fully saturated rings. The van der Waals surface area contributed by atoms with Crippen molar-refractivity contribution >= 4 is 11.8 Å². The molecule has 15 heavy (non-hydrogen) atoms. The lowest BCUT2D eigenvalue weighted by Crippen LogP contribution is -1.81. The monoisotopic (exact) mass is 222 g/mol. The van der Waals surface area contributed by atoms with E-state index in [0.29, 0.717) is 5.75 Å². The van der Waals surface area contributed by atoms with Crippen LogP contribution in [0.5, 0.6) is 5.75 Å². The molecule has 82 valence electrons. The summed E-state index contributed by atoms with van der Waals surface area (Å²) in [6.45, 7) is 3.70. The molecule has 0 aliphatic heterocycles. The fraction of sp³-hybridized carbons (Fsp3) is 0.385. The second-order valence-corrected chi connectivity index (χ2v) is 4.65. The van der Waals surface area contributed by atoms with Gasteiger partial charge in [0, 0.05) is 4.90 Å². The van der Waals surface area contributed by atoms with Crippen molar-refractivity contribution in [3.05, 3.63) is 36.9 Å². The van der Waals surface area contributed by atoms with Gasteiger partial charge in [-0.2, -0.15) is 0 Å². The Bertz CT molecular complexity index is 296. The standard InChI is InChI=1S/C13H18OS/c1-2-3-4-5-6-10-15-13-9-7-8-12(14)11-13/h2,7-9,11,14H,1,3-6,10H2. The molecule has 1 aromatic carbocycles. The number of benzene rings is 1. The predicted molar refractivity (Wildman–Crippen MR) is 67.5 cm³/mol. The molecule has 1 nitrogen and oxygen atoms in total. The van der Waals surface area contributed by atoms with Crippen LogP contribution < -0.4 is 0 Å². The quantitative estimate of drug-likeness (QED) is 0.423. The molecule has 0 spiro atoms. The molecular formula is C13H18OS. The summed E-state index contributed by atoms with van der Waals surface area (Å²) in [5.41, 5.74) is 0. The molecule has 0 aromatic heterocycles. The third-order valence-electron chi connectivity index (χ3n) is 2.14. The van der Waals surface area contributed by atoms with Gasteiger partial charge in [-0.1, -0.05) is 18.6 Å². The van der Waals surface area contributed by atoms with Crippen molar-refractivity contribution in [3.63, 3.8) is 0 Å². The molecule has 2 heteroatoms. The number of rotatable bonds is 7. The molecule has 0 unspecified atom stereocenters. The average molecular weight is 222 g/mol. The maximum atomic E-state index is 9.26. The van der Waals surface area contributed by atoms with Crippen molar-refractivity contribution in [1.82, 2.24) is 0 Å². The minimum absolute atomic E-state index is 0.353. The van der Waals surface area contributed by atoms with E-state index in [4.69, 9.17) is 0 Å². The number of allylic oxidation sites excluding steroid dienone is 1. The maximum absolute atomic E-state index is 9.26. The summed E-state index contributed by atoms with van der Waals surface area (Å²) in [5.74, 6) is 1.48. The minimum Gasteiger partial charge on any atom is -0.508 e. The van der Waals surface area contributed by atoms with Gasteiger partial charge < -0.3 is 5.11 Å². The number of hydrogen-bond acceptors (Lipinski definition) is 2. The molecule has 0 heterocycles. The lowest BCUT2D eigenvalue weighted by atomic mass is 10.2. The van der Waals surface area contributed by atoms with Crippen LogP contribution >= 0.6 is 11.8 Å². The van der Waals surface area contributed by atoms with Crippen LogP contribution in [0.4, 0.5) is 0 Å². The highest BCUT2D eigenvalue weighted by molar-refractivity contribution is 7.99. The Labute approximate surface area is 96.2 Å². The number of thioether (sulfide) groups is 1. The maximum Gasteiger partial charge on any atom is 0.116 e. The highest BCUT2D eigenvalue weighted by Crippen LogP contribution is 2.23. The second kappa shape index (κ2) is 7.41. The minimum atomic E-state index is 0.353. The van der Waals surface area contributed by atoms with Crippen LogP contribution in [0, 0.1) is 0 Å². The summed E-state index contributed by atoms with van der Waals surface area (Å²) >= 11 is 1.81.